The van der Waals surface area contributed by atoms with Crippen molar-refractivity contribution in [3.63, 3.8) is 0 Å². The van der Waals surface area contributed by atoms with E-state index in [0.29, 0.717) is 25.1 Å². The third kappa shape index (κ3) is 5.32. The van der Waals surface area contributed by atoms with Gasteiger partial charge in [0, 0.05) is 50.1 Å². The predicted octanol–water partition coefficient (Wildman–Crippen LogP) is 3.01. The minimum atomic E-state index is -1.30. The zero-order valence-corrected chi connectivity index (χ0v) is 21.3. The molecule has 1 amide bonds. The standard InChI is InChI=1S/C29H31F2N3O5/c30-21-8-6-19(23(31)13-21)14-32-28(38)22-15-33-10-11-34(29(39)25(33)27(37)26(22)36)24-9-7-18(12-20(24)16-35)17-4-2-1-3-5-17/h1-6,8,13,15,18,20,24,29,35,37,39H,7,9-12,14,16H2,(H,32,38)/t18-,20-,24-,29?/m0/s1. The number of halogens is 2. The zero-order valence-electron chi connectivity index (χ0n) is 21.3. The van der Waals surface area contributed by atoms with Crippen molar-refractivity contribution < 1.29 is 28.9 Å². The summed E-state index contributed by atoms with van der Waals surface area (Å²) in [7, 11) is 0. The summed E-state index contributed by atoms with van der Waals surface area (Å²) in [6, 6.07) is 12.9. The maximum Gasteiger partial charge on any atom is 0.257 e. The first kappa shape index (κ1) is 27.0. The van der Waals surface area contributed by atoms with Gasteiger partial charge < -0.3 is 25.2 Å². The van der Waals surface area contributed by atoms with Crippen LogP contribution in [0.5, 0.6) is 5.75 Å². The fourth-order valence-corrected chi connectivity index (χ4v) is 5.98. The van der Waals surface area contributed by atoms with Gasteiger partial charge in [-0.3, -0.25) is 14.5 Å². The predicted molar refractivity (Wildman–Crippen MR) is 139 cm³/mol. The molecule has 4 atom stereocenters. The van der Waals surface area contributed by atoms with E-state index in [2.05, 4.69) is 17.4 Å². The van der Waals surface area contributed by atoms with Crippen molar-refractivity contribution in [3.05, 3.63) is 99.0 Å². The van der Waals surface area contributed by atoms with Crippen molar-refractivity contribution >= 4 is 5.91 Å². The minimum absolute atomic E-state index is 0.00532. The summed E-state index contributed by atoms with van der Waals surface area (Å²) < 4.78 is 28.5. The van der Waals surface area contributed by atoms with Gasteiger partial charge in [0.2, 0.25) is 5.43 Å². The summed E-state index contributed by atoms with van der Waals surface area (Å²) >= 11 is 0. The molecule has 3 aromatic rings. The van der Waals surface area contributed by atoms with Gasteiger partial charge in [0.15, 0.2) is 12.0 Å². The number of aliphatic hydroxyl groups is 2. The lowest BCUT2D eigenvalue weighted by atomic mass is 9.74. The number of rotatable bonds is 6. The Kier molecular flexibility index (Phi) is 7.79. The maximum absolute atomic E-state index is 13.9. The SMILES string of the molecule is O=C(NCc1ccc(F)cc1F)c1cn2c(c(O)c1=O)C(O)N([C@H]1CC[C@H](c3ccccc3)C[C@H]1CO)CC2. The van der Waals surface area contributed by atoms with Crippen LogP contribution in [0.25, 0.3) is 0 Å². The van der Waals surface area contributed by atoms with Crippen LogP contribution in [0.1, 0.15) is 58.6 Å². The zero-order chi connectivity index (χ0) is 27.7. The second-order valence-corrected chi connectivity index (χ2v) is 10.3. The molecule has 1 aromatic heterocycles. The van der Waals surface area contributed by atoms with Gasteiger partial charge in [-0.2, -0.15) is 0 Å². The summed E-state index contributed by atoms with van der Waals surface area (Å²) in [6.45, 7) is 0.348. The number of aromatic nitrogens is 1. The van der Waals surface area contributed by atoms with Gasteiger partial charge in [0.25, 0.3) is 5.91 Å². The molecule has 2 heterocycles. The number of hydrogen-bond donors (Lipinski definition) is 4. The summed E-state index contributed by atoms with van der Waals surface area (Å²) in [5.74, 6) is -2.94. The van der Waals surface area contributed by atoms with Gasteiger partial charge in [-0.15, -0.1) is 0 Å². The van der Waals surface area contributed by atoms with Crippen LogP contribution in [0.15, 0.2) is 59.5 Å². The fourth-order valence-electron chi connectivity index (χ4n) is 5.98. The van der Waals surface area contributed by atoms with Crippen molar-refractivity contribution in [3.8, 4) is 5.75 Å². The van der Waals surface area contributed by atoms with Crippen LogP contribution in [0.2, 0.25) is 0 Å². The number of carbonyl (C=O) groups excluding carboxylic acids is 1. The van der Waals surface area contributed by atoms with E-state index in [1.54, 1.807) is 0 Å². The monoisotopic (exact) mass is 539 g/mol. The Bertz CT molecular complexity index is 1410. The summed E-state index contributed by atoms with van der Waals surface area (Å²) in [4.78, 5) is 27.5. The molecule has 2 aromatic carbocycles. The van der Waals surface area contributed by atoms with E-state index in [1.165, 1.54) is 22.4 Å². The van der Waals surface area contributed by atoms with E-state index < -0.39 is 34.9 Å². The average Bonchev–Trinajstić information content (AvgIpc) is 2.94. The molecule has 1 aliphatic heterocycles. The average molecular weight is 540 g/mol. The number of carbonyl (C=O) groups is 1. The normalized spacial score (nSPS) is 23.3. The van der Waals surface area contributed by atoms with Crippen LogP contribution >= 0.6 is 0 Å². The van der Waals surface area contributed by atoms with Gasteiger partial charge in [-0.1, -0.05) is 36.4 Å². The Hall–Kier alpha value is -3.60. The number of nitrogens with zero attached hydrogens (tertiary/aromatic N) is 2. The van der Waals surface area contributed by atoms with E-state index >= 15 is 0 Å². The third-order valence-electron chi connectivity index (χ3n) is 8.03. The molecule has 8 nitrogen and oxygen atoms in total. The lowest BCUT2D eigenvalue weighted by molar-refractivity contribution is -0.0816. The smallest absolute Gasteiger partial charge is 0.257 e. The van der Waals surface area contributed by atoms with Gasteiger partial charge in [0.05, 0.1) is 0 Å². The number of pyridine rings is 1. The second-order valence-electron chi connectivity index (χ2n) is 10.3. The van der Waals surface area contributed by atoms with Crippen molar-refractivity contribution in [2.24, 2.45) is 5.92 Å². The molecule has 5 rings (SSSR count). The number of nitrogens with one attached hydrogen (secondary N) is 1. The third-order valence-corrected chi connectivity index (χ3v) is 8.03. The molecule has 2 aliphatic rings. The quantitative estimate of drug-likeness (QED) is 0.383. The molecule has 1 aliphatic carbocycles. The number of hydrogen-bond acceptors (Lipinski definition) is 6. The van der Waals surface area contributed by atoms with Gasteiger partial charge in [-0.25, -0.2) is 8.78 Å². The highest BCUT2D eigenvalue weighted by atomic mass is 19.1. The van der Waals surface area contributed by atoms with Crippen molar-refractivity contribution in [2.45, 2.75) is 50.5 Å². The van der Waals surface area contributed by atoms with E-state index in [9.17, 15) is 33.7 Å². The number of amides is 1. The van der Waals surface area contributed by atoms with Gasteiger partial charge in [0.1, 0.15) is 22.9 Å². The second kappa shape index (κ2) is 11.3. The molecule has 10 heteroatoms. The van der Waals surface area contributed by atoms with Gasteiger partial charge in [-0.05, 0) is 42.7 Å². The lowest BCUT2D eigenvalue weighted by Gasteiger charge is -2.46. The molecule has 206 valence electrons. The van der Waals surface area contributed by atoms with Crippen LogP contribution in [0, 0.1) is 17.6 Å². The summed E-state index contributed by atoms with van der Waals surface area (Å²) in [5.41, 5.74) is -0.0503. The molecule has 1 saturated carbocycles. The van der Waals surface area contributed by atoms with Crippen LogP contribution in [-0.4, -0.2) is 49.9 Å². The van der Waals surface area contributed by atoms with Crippen LogP contribution in [0.3, 0.4) is 0 Å². The lowest BCUT2D eigenvalue weighted by Crippen LogP contribution is -2.51. The number of benzene rings is 2. The van der Waals surface area contributed by atoms with Crippen LogP contribution < -0.4 is 10.7 Å². The molecule has 0 spiro atoms. The summed E-state index contributed by atoms with van der Waals surface area (Å²) in [6.07, 6.45) is 2.34. The van der Waals surface area contributed by atoms with Crippen molar-refractivity contribution in [1.29, 1.82) is 0 Å². The molecular weight excluding hydrogens is 508 g/mol. The Labute approximate surface area is 224 Å². The number of fused-ring (bicyclic) bond motifs is 1. The molecule has 0 radical (unpaired) electrons. The van der Waals surface area contributed by atoms with E-state index in [0.717, 1.165) is 25.3 Å². The molecular formula is C29H31F2N3O5. The number of aliphatic hydroxyl groups excluding tert-OH is 2. The highest BCUT2D eigenvalue weighted by Crippen LogP contribution is 2.41. The molecule has 0 saturated heterocycles. The topological polar surface area (TPSA) is 115 Å². The van der Waals surface area contributed by atoms with E-state index in [4.69, 9.17) is 0 Å². The largest absolute Gasteiger partial charge is 0.503 e. The van der Waals surface area contributed by atoms with Crippen molar-refractivity contribution in [2.75, 3.05) is 13.2 Å². The van der Waals surface area contributed by atoms with E-state index in [1.807, 2.05) is 23.1 Å². The summed E-state index contributed by atoms with van der Waals surface area (Å²) in [5, 5.41) is 34.7. The molecule has 0 bridgehead atoms. The first-order valence-electron chi connectivity index (χ1n) is 13.1. The first-order valence-corrected chi connectivity index (χ1v) is 13.1. The highest BCUT2D eigenvalue weighted by Gasteiger charge is 2.40. The molecule has 1 unspecified atom stereocenters. The molecule has 4 N–H and O–H groups in total. The Morgan fingerprint density at radius 3 is 2.56 bits per heavy atom. The Morgan fingerprint density at radius 2 is 1.85 bits per heavy atom. The molecule has 1 fully saturated rings. The molecule has 39 heavy (non-hydrogen) atoms. The fraction of sp³-hybridized carbons (Fsp3) is 0.379. The highest BCUT2D eigenvalue weighted by molar-refractivity contribution is 5.94. The van der Waals surface area contributed by atoms with Crippen LogP contribution in [-0.2, 0) is 13.1 Å². The minimum Gasteiger partial charge on any atom is -0.503 e. The Morgan fingerprint density at radius 1 is 1.08 bits per heavy atom. The van der Waals surface area contributed by atoms with Gasteiger partial charge >= 0.3 is 0 Å². The van der Waals surface area contributed by atoms with Crippen LogP contribution in [0.4, 0.5) is 8.78 Å². The Balaban J connectivity index is 1.33. The van der Waals surface area contributed by atoms with E-state index in [-0.39, 0.29) is 41.9 Å². The number of aromatic hydroxyl groups is 1. The first-order chi connectivity index (χ1) is 18.8. The van der Waals surface area contributed by atoms with Crippen molar-refractivity contribution in [1.82, 2.24) is 14.8 Å². The maximum atomic E-state index is 13.9.